The van der Waals surface area contributed by atoms with Crippen molar-refractivity contribution in [2.75, 3.05) is 13.1 Å². The van der Waals surface area contributed by atoms with E-state index in [1.54, 1.807) is 0 Å². The Labute approximate surface area is 100 Å². The Bertz CT molecular complexity index is 330. The molecule has 0 aliphatic heterocycles. The van der Waals surface area contributed by atoms with Crippen LogP contribution >= 0.6 is 0 Å². The van der Waals surface area contributed by atoms with Gasteiger partial charge in [-0.2, -0.15) is 13.2 Å². The summed E-state index contributed by atoms with van der Waals surface area (Å²) in [6.07, 6.45) is -3.32. The number of nitrogens with one attached hydrogen (secondary N) is 1. The minimum atomic E-state index is -4.12. The van der Waals surface area contributed by atoms with Crippen LogP contribution in [0.1, 0.15) is 18.1 Å². The van der Waals surface area contributed by atoms with Gasteiger partial charge in [-0.25, -0.2) is 0 Å². The first-order valence-electron chi connectivity index (χ1n) is 5.70. The standard InChI is InChI=1S/C13H18F3N/c1-10-3-5-12(6-4-10)7-11(2)8-17-9-13(14,15)16/h3-6,11,17H,7-9H2,1-2H3. The maximum Gasteiger partial charge on any atom is 0.401 e. The van der Waals surface area contributed by atoms with Gasteiger partial charge in [0.15, 0.2) is 0 Å². The van der Waals surface area contributed by atoms with Crippen molar-refractivity contribution in [2.45, 2.75) is 26.4 Å². The van der Waals surface area contributed by atoms with Crippen molar-refractivity contribution in [2.24, 2.45) is 5.92 Å². The van der Waals surface area contributed by atoms with Crippen molar-refractivity contribution >= 4 is 0 Å². The second-order valence-corrected chi connectivity index (χ2v) is 4.54. The first-order chi connectivity index (χ1) is 7.87. The van der Waals surface area contributed by atoms with E-state index < -0.39 is 12.7 Å². The van der Waals surface area contributed by atoms with Crippen LogP contribution in [0, 0.1) is 12.8 Å². The van der Waals surface area contributed by atoms with Crippen LogP contribution in [-0.2, 0) is 6.42 Å². The molecule has 0 fully saturated rings. The molecule has 0 radical (unpaired) electrons. The van der Waals surface area contributed by atoms with Crippen molar-refractivity contribution in [1.29, 1.82) is 0 Å². The molecule has 0 amide bonds. The van der Waals surface area contributed by atoms with Gasteiger partial charge < -0.3 is 5.32 Å². The minimum absolute atomic E-state index is 0.194. The summed E-state index contributed by atoms with van der Waals surface area (Å²) in [5, 5.41) is 2.43. The Hall–Kier alpha value is -1.03. The van der Waals surface area contributed by atoms with Gasteiger partial charge in [0.05, 0.1) is 6.54 Å². The van der Waals surface area contributed by atoms with E-state index in [2.05, 4.69) is 5.32 Å². The number of halogens is 3. The van der Waals surface area contributed by atoms with Gasteiger partial charge in [0.2, 0.25) is 0 Å². The van der Waals surface area contributed by atoms with Gasteiger partial charge in [0, 0.05) is 0 Å². The first kappa shape index (κ1) is 14.0. The third-order valence-electron chi connectivity index (χ3n) is 2.52. The number of rotatable bonds is 5. The highest BCUT2D eigenvalue weighted by atomic mass is 19.4. The Balaban J connectivity index is 2.30. The molecule has 1 aromatic rings. The van der Waals surface area contributed by atoms with Crippen LogP contribution < -0.4 is 5.32 Å². The van der Waals surface area contributed by atoms with Crippen molar-refractivity contribution in [3.63, 3.8) is 0 Å². The molecule has 1 aromatic carbocycles. The lowest BCUT2D eigenvalue weighted by atomic mass is 10.0. The molecule has 0 heterocycles. The average molecular weight is 245 g/mol. The Kier molecular flexibility index (Phi) is 5.00. The lowest BCUT2D eigenvalue weighted by molar-refractivity contribution is -0.125. The zero-order valence-electron chi connectivity index (χ0n) is 10.1. The van der Waals surface area contributed by atoms with Crippen LogP contribution in [0.4, 0.5) is 13.2 Å². The van der Waals surface area contributed by atoms with Crippen LogP contribution in [0.2, 0.25) is 0 Å². The maximum atomic E-state index is 11.9. The topological polar surface area (TPSA) is 12.0 Å². The zero-order valence-corrected chi connectivity index (χ0v) is 10.1. The number of hydrogen-bond acceptors (Lipinski definition) is 1. The third-order valence-corrected chi connectivity index (χ3v) is 2.52. The number of alkyl halides is 3. The Morgan fingerprint density at radius 1 is 1.18 bits per heavy atom. The summed E-state index contributed by atoms with van der Waals surface area (Å²) in [5.41, 5.74) is 2.36. The lowest BCUT2D eigenvalue weighted by Crippen LogP contribution is -2.32. The van der Waals surface area contributed by atoms with Gasteiger partial charge >= 0.3 is 6.18 Å². The summed E-state index contributed by atoms with van der Waals surface area (Å²) in [4.78, 5) is 0. The predicted molar refractivity (Wildman–Crippen MR) is 63.0 cm³/mol. The smallest absolute Gasteiger partial charge is 0.308 e. The third kappa shape index (κ3) is 6.31. The first-order valence-corrected chi connectivity index (χ1v) is 5.70. The largest absolute Gasteiger partial charge is 0.401 e. The molecule has 0 saturated heterocycles. The molecule has 96 valence electrons. The molecule has 4 heteroatoms. The van der Waals surface area contributed by atoms with E-state index in [-0.39, 0.29) is 5.92 Å². The van der Waals surface area contributed by atoms with Crippen molar-refractivity contribution < 1.29 is 13.2 Å². The zero-order chi connectivity index (χ0) is 12.9. The summed E-state index contributed by atoms with van der Waals surface area (Å²) in [6, 6.07) is 8.08. The number of benzene rings is 1. The molecule has 0 aliphatic rings. The van der Waals surface area contributed by atoms with Crippen LogP contribution in [0.5, 0.6) is 0 Å². The molecule has 1 unspecified atom stereocenters. The van der Waals surface area contributed by atoms with Crippen molar-refractivity contribution in [3.8, 4) is 0 Å². The van der Waals surface area contributed by atoms with Crippen LogP contribution in [-0.4, -0.2) is 19.3 Å². The van der Waals surface area contributed by atoms with E-state index in [9.17, 15) is 13.2 Å². The molecule has 1 N–H and O–H groups in total. The normalized spacial score (nSPS) is 13.7. The van der Waals surface area contributed by atoms with E-state index in [1.807, 2.05) is 38.1 Å². The van der Waals surface area contributed by atoms with E-state index in [4.69, 9.17) is 0 Å². The molecule has 0 saturated carbocycles. The summed E-state index contributed by atoms with van der Waals surface area (Å²) in [7, 11) is 0. The molecular formula is C13H18F3N. The fourth-order valence-corrected chi connectivity index (χ4v) is 1.66. The van der Waals surface area contributed by atoms with Gasteiger partial charge in [-0.3, -0.25) is 0 Å². The van der Waals surface area contributed by atoms with E-state index in [0.29, 0.717) is 6.54 Å². The van der Waals surface area contributed by atoms with Gasteiger partial charge in [-0.1, -0.05) is 36.8 Å². The molecule has 0 bridgehead atoms. The van der Waals surface area contributed by atoms with Crippen LogP contribution in [0.25, 0.3) is 0 Å². The highest BCUT2D eigenvalue weighted by Gasteiger charge is 2.26. The van der Waals surface area contributed by atoms with Crippen LogP contribution in [0.15, 0.2) is 24.3 Å². The van der Waals surface area contributed by atoms with Gasteiger partial charge in [-0.05, 0) is 31.4 Å². The van der Waals surface area contributed by atoms with Gasteiger partial charge in [0.25, 0.3) is 0 Å². The average Bonchev–Trinajstić information content (AvgIpc) is 2.19. The predicted octanol–water partition coefficient (Wildman–Crippen LogP) is 3.33. The molecule has 1 rings (SSSR count). The van der Waals surface area contributed by atoms with Gasteiger partial charge in [0.1, 0.15) is 0 Å². The highest BCUT2D eigenvalue weighted by Crippen LogP contribution is 2.13. The van der Waals surface area contributed by atoms with E-state index in [1.165, 1.54) is 5.56 Å². The SMILES string of the molecule is Cc1ccc(CC(C)CNCC(F)(F)F)cc1. The summed E-state index contributed by atoms with van der Waals surface area (Å²) < 4.78 is 35.7. The molecule has 0 spiro atoms. The number of aryl methyl sites for hydroxylation is 1. The van der Waals surface area contributed by atoms with Crippen molar-refractivity contribution in [1.82, 2.24) is 5.32 Å². The molecule has 1 atom stereocenters. The van der Waals surface area contributed by atoms with E-state index >= 15 is 0 Å². The molecule has 0 aromatic heterocycles. The fraction of sp³-hybridized carbons (Fsp3) is 0.538. The Morgan fingerprint density at radius 3 is 2.29 bits per heavy atom. The maximum absolute atomic E-state index is 11.9. The summed E-state index contributed by atoms with van der Waals surface area (Å²) >= 11 is 0. The lowest BCUT2D eigenvalue weighted by Gasteiger charge is -2.14. The summed E-state index contributed by atoms with van der Waals surface area (Å²) in [5.74, 6) is 0.194. The van der Waals surface area contributed by atoms with Gasteiger partial charge in [-0.15, -0.1) is 0 Å². The molecule has 1 nitrogen and oxygen atoms in total. The highest BCUT2D eigenvalue weighted by molar-refractivity contribution is 5.21. The quantitative estimate of drug-likeness (QED) is 0.839. The molecule has 0 aliphatic carbocycles. The molecule has 17 heavy (non-hydrogen) atoms. The fourth-order valence-electron chi connectivity index (χ4n) is 1.66. The second kappa shape index (κ2) is 6.05. The second-order valence-electron chi connectivity index (χ2n) is 4.54. The summed E-state index contributed by atoms with van der Waals surface area (Å²) in [6.45, 7) is 3.43. The van der Waals surface area contributed by atoms with Crippen LogP contribution in [0.3, 0.4) is 0 Å². The van der Waals surface area contributed by atoms with E-state index in [0.717, 1.165) is 12.0 Å². The monoisotopic (exact) mass is 245 g/mol. The Morgan fingerprint density at radius 2 is 1.76 bits per heavy atom. The van der Waals surface area contributed by atoms with Crippen molar-refractivity contribution in [3.05, 3.63) is 35.4 Å². The molecular weight excluding hydrogens is 227 g/mol. The minimum Gasteiger partial charge on any atom is -0.308 e. The number of hydrogen-bond donors (Lipinski definition) is 1.